The molecule has 1 heterocycles. The third-order valence-corrected chi connectivity index (χ3v) is 4.09. The Hall–Kier alpha value is -1.13. The molecule has 1 fully saturated rings. The van der Waals surface area contributed by atoms with E-state index >= 15 is 0 Å². The number of nitrogens with one attached hydrogen (secondary N) is 1. The van der Waals surface area contributed by atoms with Gasteiger partial charge in [0.05, 0.1) is 5.02 Å². The molecular weight excluding hydrogens is 291 g/mol. The van der Waals surface area contributed by atoms with Gasteiger partial charge in [0.1, 0.15) is 5.82 Å². The summed E-state index contributed by atoms with van der Waals surface area (Å²) in [6, 6.07) is 4.69. The molecule has 116 valence electrons. The van der Waals surface area contributed by atoms with Gasteiger partial charge in [0.25, 0.3) is 5.91 Å². The van der Waals surface area contributed by atoms with Gasteiger partial charge in [-0.3, -0.25) is 4.79 Å². The Morgan fingerprint density at radius 1 is 1.52 bits per heavy atom. The molecule has 1 amide bonds. The molecule has 0 aromatic heterocycles. The average Bonchev–Trinajstić information content (AvgIpc) is 2.47. The fourth-order valence-electron chi connectivity index (χ4n) is 2.63. The van der Waals surface area contributed by atoms with Gasteiger partial charge >= 0.3 is 0 Å². The number of rotatable bonds is 4. The number of hydrogen-bond acceptors (Lipinski definition) is 2. The molecule has 1 atom stereocenters. The molecule has 3 nitrogen and oxygen atoms in total. The van der Waals surface area contributed by atoms with E-state index in [0.29, 0.717) is 17.5 Å². The number of amides is 1. The topological polar surface area (TPSA) is 32.3 Å². The fourth-order valence-corrected chi connectivity index (χ4v) is 2.75. The zero-order valence-electron chi connectivity index (χ0n) is 12.5. The van der Waals surface area contributed by atoms with Gasteiger partial charge in [0.2, 0.25) is 0 Å². The summed E-state index contributed by atoms with van der Waals surface area (Å²) in [5, 5.41) is 3.46. The number of halogens is 2. The number of carbonyl (C=O) groups is 1. The van der Waals surface area contributed by atoms with Crippen LogP contribution in [0.25, 0.3) is 0 Å². The minimum atomic E-state index is -0.544. The van der Waals surface area contributed by atoms with Crippen LogP contribution in [0, 0.1) is 11.7 Å². The normalized spacial score (nSPS) is 19.1. The van der Waals surface area contributed by atoms with Gasteiger partial charge in [0, 0.05) is 24.7 Å². The number of benzene rings is 1. The molecule has 0 bridgehead atoms. The van der Waals surface area contributed by atoms with Crippen molar-refractivity contribution in [1.82, 2.24) is 10.2 Å². The second-order valence-electron chi connectivity index (χ2n) is 5.95. The number of hydrogen-bond donors (Lipinski definition) is 1. The summed E-state index contributed by atoms with van der Waals surface area (Å²) in [4.78, 5) is 14.3. The van der Waals surface area contributed by atoms with Crippen LogP contribution < -0.4 is 5.32 Å². The average molecular weight is 313 g/mol. The Bertz CT molecular complexity index is 507. The first kappa shape index (κ1) is 16.2. The molecule has 1 unspecified atom stereocenters. The maximum absolute atomic E-state index is 13.5. The Morgan fingerprint density at radius 3 is 2.95 bits per heavy atom. The van der Waals surface area contributed by atoms with E-state index in [1.54, 1.807) is 6.07 Å². The van der Waals surface area contributed by atoms with E-state index in [2.05, 4.69) is 19.2 Å². The SMILES string of the molecule is CC(C)NCC1CCCN(C(=O)c2ccc(Cl)c(F)c2)C1. The highest BCUT2D eigenvalue weighted by Crippen LogP contribution is 2.21. The summed E-state index contributed by atoms with van der Waals surface area (Å²) in [6.07, 6.45) is 2.12. The third kappa shape index (κ3) is 4.42. The zero-order valence-corrected chi connectivity index (χ0v) is 13.3. The molecule has 1 aliphatic heterocycles. The van der Waals surface area contributed by atoms with Gasteiger partial charge in [-0.2, -0.15) is 0 Å². The van der Waals surface area contributed by atoms with Crippen LogP contribution in [-0.2, 0) is 0 Å². The predicted octanol–water partition coefficient (Wildman–Crippen LogP) is 3.33. The van der Waals surface area contributed by atoms with E-state index in [0.717, 1.165) is 32.5 Å². The third-order valence-electron chi connectivity index (χ3n) is 3.79. The van der Waals surface area contributed by atoms with E-state index in [1.165, 1.54) is 12.1 Å². The van der Waals surface area contributed by atoms with Crippen LogP contribution in [0.15, 0.2) is 18.2 Å². The molecule has 2 rings (SSSR count). The van der Waals surface area contributed by atoms with E-state index < -0.39 is 5.82 Å². The largest absolute Gasteiger partial charge is 0.338 e. The Kier molecular flexibility index (Phi) is 5.59. The second-order valence-corrected chi connectivity index (χ2v) is 6.36. The van der Waals surface area contributed by atoms with Gasteiger partial charge < -0.3 is 10.2 Å². The van der Waals surface area contributed by atoms with Crippen LogP contribution in [0.3, 0.4) is 0 Å². The lowest BCUT2D eigenvalue weighted by Gasteiger charge is -2.33. The van der Waals surface area contributed by atoms with E-state index in [-0.39, 0.29) is 10.9 Å². The fraction of sp³-hybridized carbons (Fsp3) is 0.562. The molecular formula is C16H22ClFN2O. The van der Waals surface area contributed by atoms with Crippen LogP contribution in [0.2, 0.25) is 5.02 Å². The molecule has 1 aromatic carbocycles. The smallest absolute Gasteiger partial charge is 0.253 e. The summed E-state index contributed by atoms with van der Waals surface area (Å²) < 4.78 is 13.5. The lowest BCUT2D eigenvalue weighted by Crippen LogP contribution is -2.43. The van der Waals surface area contributed by atoms with Crippen LogP contribution in [0.4, 0.5) is 4.39 Å². The minimum absolute atomic E-state index is 0.0456. The van der Waals surface area contributed by atoms with Gasteiger partial charge in [-0.25, -0.2) is 4.39 Å². The quantitative estimate of drug-likeness (QED) is 0.925. The first-order chi connectivity index (χ1) is 9.97. The van der Waals surface area contributed by atoms with Crippen LogP contribution >= 0.6 is 11.6 Å². The van der Waals surface area contributed by atoms with E-state index in [1.807, 2.05) is 4.90 Å². The summed E-state index contributed by atoms with van der Waals surface area (Å²) in [7, 11) is 0. The molecule has 0 radical (unpaired) electrons. The van der Waals surface area contributed by atoms with Gasteiger partial charge in [-0.1, -0.05) is 25.4 Å². The molecule has 1 N–H and O–H groups in total. The van der Waals surface area contributed by atoms with Crippen LogP contribution in [0.1, 0.15) is 37.0 Å². The minimum Gasteiger partial charge on any atom is -0.338 e. The monoisotopic (exact) mass is 312 g/mol. The van der Waals surface area contributed by atoms with Crippen molar-refractivity contribution in [2.45, 2.75) is 32.7 Å². The van der Waals surface area contributed by atoms with Crippen molar-refractivity contribution in [3.8, 4) is 0 Å². The first-order valence-corrected chi connectivity index (χ1v) is 7.83. The van der Waals surface area contributed by atoms with Gasteiger partial charge in [-0.05, 0) is 43.5 Å². The summed E-state index contributed by atoms with van der Waals surface area (Å²) in [6.45, 7) is 6.60. The maximum atomic E-state index is 13.5. The molecule has 0 aliphatic carbocycles. The van der Waals surface area contributed by atoms with Crippen molar-refractivity contribution in [3.63, 3.8) is 0 Å². The lowest BCUT2D eigenvalue weighted by atomic mass is 9.97. The second kappa shape index (κ2) is 7.23. The lowest BCUT2D eigenvalue weighted by molar-refractivity contribution is 0.0671. The maximum Gasteiger partial charge on any atom is 0.253 e. The Morgan fingerprint density at radius 2 is 2.29 bits per heavy atom. The van der Waals surface area contributed by atoms with E-state index in [4.69, 9.17) is 11.6 Å². The highest BCUT2D eigenvalue weighted by molar-refractivity contribution is 6.30. The highest BCUT2D eigenvalue weighted by Gasteiger charge is 2.24. The molecule has 1 aromatic rings. The zero-order chi connectivity index (χ0) is 15.4. The number of carbonyl (C=O) groups excluding carboxylic acids is 1. The van der Waals surface area contributed by atoms with Gasteiger partial charge in [-0.15, -0.1) is 0 Å². The standard InChI is InChI=1S/C16H22ClFN2O/c1-11(2)19-9-12-4-3-7-20(10-12)16(21)13-5-6-14(17)15(18)8-13/h5-6,8,11-12,19H,3-4,7,9-10H2,1-2H3. The Balaban J connectivity index is 1.99. The highest BCUT2D eigenvalue weighted by atomic mass is 35.5. The molecule has 0 spiro atoms. The van der Waals surface area contributed by atoms with Crippen molar-refractivity contribution < 1.29 is 9.18 Å². The van der Waals surface area contributed by atoms with Crippen molar-refractivity contribution in [2.75, 3.05) is 19.6 Å². The molecule has 1 saturated heterocycles. The van der Waals surface area contributed by atoms with Crippen LogP contribution in [-0.4, -0.2) is 36.5 Å². The Labute approximate surface area is 130 Å². The summed E-state index contributed by atoms with van der Waals surface area (Å²) >= 11 is 5.66. The number of nitrogens with zero attached hydrogens (tertiary/aromatic N) is 1. The molecule has 0 saturated carbocycles. The summed E-state index contributed by atoms with van der Waals surface area (Å²) in [5.74, 6) is -0.195. The van der Waals surface area contributed by atoms with E-state index in [9.17, 15) is 9.18 Å². The molecule has 1 aliphatic rings. The predicted molar refractivity (Wildman–Crippen MR) is 83.2 cm³/mol. The van der Waals surface area contributed by atoms with Crippen molar-refractivity contribution in [1.29, 1.82) is 0 Å². The molecule has 21 heavy (non-hydrogen) atoms. The van der Waals surface area contributed by atoms with Crippen molar-refractivity contribution >= 4 is 17.5 Å². The van der Waals surface area contributed by atoms with Crippen molar-refractivity contribution in [3.05, 3.63) is 34.6 Å². The number of piperidine rings is 1. The van der Waals surface area contributed by atoms with Crippen molar-refractivity contribution in [2.24, 2.45) is 5.92 Å². The summed E-state index contributed by atoms with van der Waals surface area (Å²) in [5.41, 5.74) is 0.370. The molecule has 5 heteroatoms. The number of likely N-dealkylation sites (tertiary alicyclic amines) is 1. The first-order valence-electron chi connectivity index (χ1n) is 7.45. The van der Waals surface area contributed by atoms with Crippen LogP contribution in [0.5, 0.6) is 0 Å². The van der Waals surface area contributed by atoms with Gasteiger partial charge in [0.15, 0.2) is 0 Å².